The van der Waals surface area contributed by atoms with Gasteiger partial charge in [0.1, 0.15) is 6.54 Å². The molecule has 1 aromatic heterocycles. The van der Waals surface area contributed by atoms with Crippen LogP contribution >= 0.6 is 0 Å². The fraction of sp³-hybridized carbons (Fsp3) is 0.739. The Hall–Kier alpha value is -1.78. The first-order valence-corrected chi connectivity index (χ1v) is 11.1. The summed E-state index contributed by atoms with van der Waals surface area (Å²) in [7, 11) is 2.01. The number of amides is 2. The lowest BCUT2D eigenvalue weighted by Crippen LogP contribution is -2.48. The summed E-state index contributed by atoms with van der Waals surface area (Å²) in [5, 5.41) is 0. The summed E-state index contributed by atoms with van der Waals surface area (Å²) >= 11 is 0. The van der Waals surface area contributed by atoms with E-state index in [4.69, 9.17) is 0 Å². The monoisotopic (exact) mass is 389 g/mol. The first-order valence-electron chi connectivity index (χ1n) is 11.1. The third-order valence-electron chi connectivity index (χ3n) is 5.73. The van der Waals surface area contributed by atoms with Crippen LogP contribution in [0.2, 0.25) is 0 Å². The Morgan fingerprint density at radius 1 is 1.18 bits per heavy atom. The molecule has 2 rings (SSSR count). The zero-order chi connectivity index (χ0) is 20.5. The molecule has 1 fully saturated rings. The lowest BCUT2D eigenvalue weighted by atomic mass is 9.93. The number of hydrogen-bond acceptors (Lipinski definition) is 2. The normalized spacial score (nSPS) is 15.0. The Bertz CT molecular complexity index is 617. The molecule has 0 radical (unpaired) electrons. The van der Waals surface area contributed by atoms with Gasteiger partial charge in [0.15, 0.2) is 0 Å². The average Bonchev–Trinajstić information content (AvgIpc) is 3.08. The molecule has 0 spiro atoms. The number of carbonyl (C=O) groups is 2. The second-order valence-corrected chi connectivity index (χ2v) is 8.70. The standard InChI is InChI=1S/C23H39N3O2/c1-5-6-14-22(27)26(20-11-8-7-9-12-20)18-23(28)25(16-19(2)3)17-21-13-10-15-24(21)4/h10,13,15,19-20H,5-9,11-12,14,16-18H2,1-4H3. The predicted molar refractivity (Wildman–Crippen MR) is 114 cm³/mol. The maximum absolute atomic E-state index is 13.3. The van der Waals surface area contributed by atoms with Crippen LogP contribution in [0.5, 0.6) is 0 Å². The van der Waals surface area contributed by atoms with Crippen molar-refractivity contribution < 1.29 is 9.59 Å². The highest BCUT2D eigenvalue weighted by Gasteiger charge is 2.29. The molecule has 0 saturated heterocycles. The van der Waals surface area contributed by atoms with Gasteiger partial charge in [0.25, 0.3) is 0 Å². The minimum absolute atomic E-state index is 0.0744. The van der Waals surface area contributed by atoms with Crippen molar-refractivity contribution in [2.24, 2.45) is 13.0 Å². The van der Waals surface area contributed by atoms with E-state index in [1.165, 1.54) is 6.42 Å². The Labute approximate surface area is 171 Å². The van der Waals surface area contributed by atoms with Gasteiger partial charge >= 0.3 is 0 Å². The molecule has 0 atom stereocenters. The topological polar surface area (TPSA) is 45.6 Å². The fourth-order valence-electron chi connectivity index (χ4n) is 4.08. The summed E-state index contributed by atoms with van der Waals surface area (Å²) in [5.41, 5.74) is 1.12. The van der Waals surface area contributed by atoms with E-state index in [9.17, 15) is 9.59 Å². The number of carbonyl (C=O) groups excluding carboxylic acids is 2. The van der Waals surface area contributed by atoms with Gasteiger partial charge < -0.3 is 14.4 Å². The van der Waals surface area contributed by atoms with E-state index >= 15 is 0 Å². The van der Waals surface area contributed by atoms with Gasteiger partial charge in [-0.05, 0) is 37.3 Å². The van der Waals surface area contributed by atoms with Crippen LogP contribution in [0.15, 0.2) is 18.3 Å². The zero-order valence-corrected chi connectivity index (χ0v) is 18.3. The maximum Gasteiger partial charge on any atom is 0.242 e. The molecule has 1 heterocycles. The predicted octanol–water partition coefficient (Wildman–Crippen LogP) is 4.36. The summed E-state index contributed by atoms with van der Waals surface area (Å²) in [4.78, 5) is 30.0. The number of hydrogen-bond donors (Lipinski definition) is 0. The Morgan fingerprint density at radius 3 is 2.46 bits per heavy atom. The lowest BCUT2D eigenvalue weighted by molar-refractivity contribution is -0.143. The van der Waals surface area contributed by atoms with E-state index in [1.54, 1.807) is 0 Å². The molecule has 1 aliphatic carbocycles. The highest BCUT2D eigenvalue weighted by Crippen LogP contribution is 2.24. The van der Waals surface area contributed by atoms with Crippen LogP contribution in [0.3, 0.4) is 0 Å². The minimum Gasteiger partial charge on any atom is -0.353 e. The van der Waals surface area contributed by atoms with Crippen LogP contribution in [0.25, 0.3) is 0 Å². The molecule has 0 N–H and O–H groups in total. The van der Waals surface area contributed by atoms with Crippen LogP contribution < -0.4 is 0 Å². The fourth-order valence-corrected chi connectivity index (χ4v) is 4.08. The number of unbranched alkanes of at least 4 members (excludes halogenated alkanes) is 1. The van der Waals surface area contributed by atoms with E-state index in [0.29, 0.717) is 25.4 Å². The Morgan fingerprint density at radius 2 is 1.89 bits per heavy atom. The highest BCUT2D eigenvalue weighted by molar-refractivity contribution is 5.85. The molecular weight excluding hydrogens is 350 g/mol. The maximum atomic E-state index is 13.3. The van der Waals surface area contributed by atoms with Crippen molar-refractivity contribution in [1.82, 2.24) is 14.4 Å². The van der Waals surface area contributed by atoms with Gasteiger partial charge in [0.2, 0.25) is 11.8 Å². The van der Waals surface area contributed by atoms with Crippen molar-refractivity contribution in [3.63, 3.8) is 0 Å². The zero-order valence-electron chi connectivity index (χ0n) is 18.3. The molecule has 0 aliphatic heterocycles. The summed E-state index contributed by atoms with van der Waals surface area (Å²) in [6.07, 6.45) is 10.1. The summed E-state index contributed by atoms with van der Waals surface area (Å²) < 4.78 is 2.06. The SMILES string of the molecule is CCCCC(=O)N(CC(=O)N(Cc1cccn1C)CC(C)C)C1CCCCC1. The van der Waals surface area contributed by atoms with Gasteiger partial charge in [0, 0.05) is 37.9 Å². The molecule has 5 heteroatoms. The second-order valence-electron chi connectivity index (χ2n) is 8.70. The largest absolute Gasteiger partial charge is 0.353 e. The third kappa shape index (κ3) is 6.68. The van der Waals surface area contributed by atoms with Crippen molar-refractivity contribution in [3.05, 3.63) is 24.0 Å². The first-order chi connectivity index (χ1) is 13.4. The van der Waals surface area contributed by atoms with Crippen LogP contribution in [-0.4, -0.2) is 45.3 Å². The quantitative estimate of drug-likeness (QED) is 0.597. The number of aromatic nitrogens is 1. The molecule has 1 aromatic rings. The number of aryl methyl sites for hydroxylation is 1. The minimum atomic E-state index is 0.0744. The van der Waals surface area contributed by atoms with Crippen molar-refractivity contribution in [3.8, 4) is 0 Å². The first kappa shape index (κ1) is 22.5. The van der Waals surface area contributed by atoms with Gasteiger partial charge in [-0.3, -0.25) is 9.59 Å². The van der Waals surface area contributed by atoms with E-state index in [2.05, 4.69) is 31.4 Å². The van der Waals surface area contributed by atoms with Crippen LogP contribution in [0, 0.1) is 5.92 Å². The lowest BCUT2D eigenvalue weighted by Gasteiger charge is -2.36. The van der Waals surface area contributed by atoms with Crippen LogP contribution in [-0.2, 0) is 23.2 Å². The molecule has 28 heavy (non-hydrogen) atoms. The Balaban J connectivity index is 2.11. The van der Waals surface area contributed by atoms with Crippen LogP contribution in [0.4, 0.5) is 0 Å². The van der Waals surface area contributed by atoms with Gasteiger partial charge in [-0.15, -0.1) is 0 Å². The molecule has 1 saturated carbocycles. The highest BCUT2D eigenvalue weighted by atomic mass is 16.2. The molecular formula is C23H39N3O2. The summed E-state index contributed by atoms with van der Waals surface area (Å²) in [6, 6.07) is 4.31. The van der Waals surface area contributed by atoms with E-state index in [-0.39, 0.29) is 24.4 Å². The molecule has 5 nitrogen and oxygen atoms in total. The van der Waals surface area contributed by atoms with Gasteiger partial charge in [-0.2, -0.15) is 0 Å². The van der Waals surface area contributed by atoms with E-state index in [0.717, 1.165) is 44.2 Å². The molecule has 0 bridgehead atoms. The molecule has 2 amide bonds. The Kier molecular flexibility index (Phi) is 9.07. The van der Waals surface area contributed by atoms with E-state index < -0.39 is 0 Å². The van der Waals surface area contributed by atoms with Gasteiger partial charge in [-0.1, -0.05) is 46.5 Å². The van der Waals surface area contributed by atoms with Crippen molar-refractivity contribution in [1.29, 1.82) is 0 Å². The third-order valence-corrected chi connectivity index (χ3v) is 5.73. The number of nitrogens with zero attached hydrogens (tertiary/aromatic N) is 3. The molecule has 158 valence electrons. The van der Waals surface area contributed by atoms with E-state index in [1.807, 2.05) is 29.1 Å². The smallest absolute Gasteiger partial charge is 0.242 e. The molecule has 0 aromatic carbocycles. The van der Waals surface area contributed by atoms with Gasteiger partial charge in [-0.25, -0.2) is 0 Å². The van der Waals surface area contributed by atoms with Crippen molar-refractivity contribution >= 4 is 11.8 Å². The average molecular weight is 390 g/mol. The summed E-state index contributed by atoms with van der Waals surface area (Å²) in [5.74, 6) is 0.624. The van der Waals surface area contributed by atoms with Crippen molar-refractivity contribution in [2.45, 2.75) is 84.7 Å². The molecule has 0 unspecified atom stereocenters. The second kappa shape index (κ2) is 11.3. The van der Waals surface area contributed by atoms with Gasteiger partial charge in [0.05, 0.1) is 6.54 Å². The molecule has 1 aliphatic rings. The number of rotatable bonds is 10. The van der Waals surface area contributed by atoms with Crippen molar-refractivity contribution in [2.75, 3.05) is 13.1 Å². The summed E-state index contributed by atoms with van der Waals surface area (Å²) in [6.45, 7) is 7.92. The van der Waals surface area contributed by atoms with Crippen LogP contribution in [0.1, 0.15) is 77.8 Å².